The van der Waals surface area contributed by atoms with Crippen molar-refractivity contribution >= 4 is 22.7 Å². The maximum Gasteiger partial charge on any atom is 0.266 e. The quantitative estimate of drug-likeness (QED) is 0.378. The summed E-state index contributed by atoms with van der Waals surface area (Å²) in [7, 11) is 0. The lowest BCUT2D eigenvalue weighted by Gasteiger charge is -2.13. The van der Waals surface area contributed by atoms with Gasteiger partial charge in [0, 0.05) is 18.1 Å². The van der Waals surface area contributed by atoms with Crippen molar-refractivity contribution in [2.45, 2.75) is 24.3 Å². The average Bonchev–Trinajstić information content (AvgIpc) is 2.73. The van der Waals surface area contributed by atoms with Crippen LogP contribution in [0.2, 0.25) is 0 Å². The molecule has 0 spiro atoms. The summed E-state index contributed by atoms with van der Waals surface area (Å²) < 4.78 is 1.71. The third kappa shape index (κ3) is 3.64. The molecule has 2 aromatic carbocycles. The zero-order valence-electron chi connectivity index (χ0n) is 15.0. The molecule has 134 valence electrons. The predicted molar refractivity (Wildman–Crippen MR) is 111 cm³/mol. The molecule has 0 saturated carbocycles. The van der Waals surface area contributed by atoms with Crippen LogP contribution in [0.1, 0.15) is 18.1 Å². The van der Waals surface area contributed by atoms with E-state index in [2.05, 4.69) is 24.0 Å². The highest BCUT2D eigenvalue weighted by Crippen LogP contribution is 2.24. The fraction of sp³-hybridized carbons (Fsp3) is 0.136. The molecule has 0 fully saturated rings. The van der Waals surface area contributed by atoms with Gasteiger partial charge in [-0.1, -0.05) is 49.0 Å². The van der Waals surface area contributed by atoms with Crippen LogP contribution in [0.25, 0.3) is 16.6 Å². The number of aryl methyl sites for hydroxylation is 1. The minimum Gasteiger partial charge on any atom is -0.268 e. The van der Waals surface area contributed by atoms with Crippen molar-refractivity contribution in [1.82, 2.24) is 14.5 Å². The average molecular weight is 373 g/mol. The number of para-hydroxylation sites is 1. The molecule has 0 unspecified atom stereocenters. The first kappa shape index (κ1) is 17.5. The van der Waals surface area contributed by atoms with Crippen LogP contribution >= 0.6 is 11.8 Å². The van der Waals surface area contributed by atoms with Crippen LogP contribution in [-0.4, -0.2) is 14.5 Å². The Bertz CT molecular complexity index is 1120. The topological polar surface area (TPSA) is 47.8 Å². The molecule has 5 heteroatoms. The maximum absolute atomic E-state index is 13.2. The second-order valence-corrected chi connectivity index (χ2v) is 7.16. The van der Waals surface area contributed by atoms with Gasteiger partial charge in [-0.15, -0.1) is 0 Å². The fourth-order valence-electron chi connectivity index (χ4n) is 2.95. The summed E-state index contributed by atoms with van der Waals surface area (Å²) in [6, 6.07) is 19.5. The van der Waals surface area contributed by atoms with E-state index in [1.54, 1.807) is 22.5 Å². The largest absolute Gasteiger partial charge is 0.268 e. The van der Waals surface area contributed by atoms with E-state index in [4.69, 9.17) is 4.98 Å². The van der Waals surface area contributed by atoms with Crippen molar-refractivity contribution in [2.24, 2.45) is 0 Å². The lowest BCUT2D eigenvalue weighted by atomic mass is 10.1. The lowest BCUT2D eigenvalue weighted by molar-refractivity contribution is 0.819. The van der Waals surface area contributed by atoms with Gasteiger partial charge in [-0.25, -0.2) is 4.98 Å². The number of thioether (sulfide) groups is 1. The first-order chi connectivity index (χ1) is 13.3. The molecule has 0 aliphatic carbocycles. The number of hydrogen-bond donors (Lipinski definition) is 0. The number of hydrogen-bond acceptors (Lipinski definition) is 4. The Morgan fingerprint density at radius 3 is 2.52 bits per heavy atom. The highest BCUT2D eigenvalue weighted by atomic mass is 32.2. The Morgan fingerprint density at radius 2 is 1.78 bits per heavy atom. The summed E-state index contributed by atoms with van der Waals surface area (Å²) in [4.78, 5) is 22.2. The van der Waals surface area contributed by atoms with Gasteiger partial charge in [-0.3, -0.25) is 14.3 Å². The molecule has 0 radical (unpaired) electrons. The van der Waals surface area contributed by atoms with E-state index in [-0.39, 0.29) is 5.56 Å². The molecule has 0 atom stereocenters. The lowest BCUT2D eigenvalue weighted by Crippen LogP contribution is -2.21. The molecular formula is C22H19N3OS. The number of benzene rings is 2. The molecule has 0 saturated heterocycles. The Kier molecular flexibility index (Phi) is 5.03. The van der Waals surface area contributed by atoms with Crippen LogP contribution in [0.15, 0.2) is 83.0 Å². The molecule has 2 aromatic heterocycles. The van der Waals surface area contributed by atoms with Gasteiger partial charge < -0.3 is 0 Å². The zero-order valence-corrected chi connectivity index (χ0v) is 15.8. The third-order valence-corrected chi connectivity index (χ3v) is 5.45. The van der Waals surface area contributed by atoms with Gasteiger partial charge in [0.15, 0.2) is 5.16 Å². The van der Waals surface area contributed by atoms with Crippen molar-refractivity contribution in [1.29, 1.82) is 0 Å². The second kappa shape index (κ2) is 7.76. The molecule has 0 aliphatic rings. The number of pyridine rings is 1. The van der Waals surface area contributed by atoms with Crippen LogP contribution in [0.3, 0.4) is 0 Å². The number of nitrogens with zero attached hydrogens (tertiary/aromatic N) is 3. The third-order valence-electron chi connectivity index (χ3n) is 4.44. The van der Waals surface area contributed by atoms with Gasteiger partial charge in [0.25, 0.3) is 5.56 Å². The van der Waals surface area contributed by atoms with Gasteiger partial charge in [-0.2, -0.15) is 0 Å². The summed E-state index contributed by atoms with van der Waals surface area (Å²) >= 11 is 1.55. The van der Waals surface area contributed by atoms with Crippen LogP contribution in [0.5, 0.6) is 0 Å². The maximum atomic E-state index is 13.2. The van der Waals surface area contributed by atoms with Crippen molar-refractivity contribution in [3.63, 3.8) is 0 Å². The summed E-state index contributed by atoms with van der Waals surface area (Å²) in [5.41, 5.74) is 3.85. The Morgan fingerprint density at radius 1 is 0.963 bits per heavy atom. The predicted octanol–water partition coefficient (Wildman–Crippen LogP) is 4.64. The fourth-order valence-corrected chi connectivity index (χ4v) is 3.90. The molecule has 4 aromatic rings. The molecule has 4 nitrogen and oxygen atoms in total. The Balaban J connectivity index is 1.83. The smallest absolute Gasteiger partial charge is 0.266 e. The van der Waals surface area contributed by atoms with Gasteiger partial charge in [0.05, 0.1) is 16.6 Å². The van der Waals surface area contributed by atoms with Crippen LogP contribution in [0.4, 0.5) is 0 Å². The number of rotatable bonds is 5. The van der Waals surface area contributed by atoms with Crippen molar-refractivity contribution < 1.29 is 0 Å². The SMILES string of the molecule is CCc1ccc(-n2c(SCc3cccnc3)nc3ccccc3c2=O)cc1. The molecule has 0 amide bonds. The molecule has 4 rings (SSSR count). The van der Waals surface area contributed by atoms with Crippen LogP contribution in [-0.2, 0) is 12.2 Å². The van der Waals surface area contributed by atoms with Gasteiger partial charge in [-0.05, 0) is 47.9 Å². The summed E-state index contributed by atoms with van der Waals surface area (Å²) in [5.74, 6) is 0.700. The minimum atomic E-state index is -0.0430. The zero-order chi connectivity index (χ0) is 18.6. The second-order valence-electron chi connectivity index (χ2n) is 6.22. The monoisotopic (exact) mass is 373 g/mol. The number of aromatic nitrogens is 3. The molecule has 0 bridgehead atoms. The first-order valence-corrected chi connectivity index (χ1v) is 9.87. The Labute approximate surface area is 161 Å². The van der Waals surface area contributed by atoms with E-state index in [0.717, 1.165) is 23.2 Å². The molecule has 2 heterocycles. The Hall–Kier alpha value is -2.92. The molecule has 0 N–H and O–H groups in total. The molecule has 0 aliphatic heterocycles. The molecular weight excluding hydrogens is 354 g/mol. The first-order valence-electron chi connectivity index (χ1n) is 8.89. The van der Waals surface area contributed by atoms with E-state index in [9.17, 15) is 4.79 Å². The van der Waals surface area contributed by atoms with E-state index in [1.165, 1.54) is 5.56 Å². The normalized spacial score (nSPS) is 11.0. The summed E-state index contributed by atoms with van der Waals surface area (Å²) in [6.07, 6.45) is 4.56. The number of fused-ring (bicyclic) bond motifs is 1. The van der Waals surface area contributed by atoms with E-state index in [0.29, 0.717) is 16.3 Å². The van der Waals surface area contributed by atoms with E-state index < -0.39 is 0 Å². The van der Waals surface area contributed by atoms with E-state index >= 15 is 0 Å². The van der Waals surface area contributed by atoms with Crippen molar-refractivity contribution in [3.05, 3.63) is 94.5 Å². The summed E-state index contributed by atoms with van der Waals surface area (Å²) in [5, 5.41) is 1.31. The molecule has 27 heavy (non-hydrogen) atoms. The van der Waals surface area contributed by atoms with Crippen molar-refractivity contribution in [2.75, 3.05) is 0 Å². The highest BCUT2D eigenvalue weighted by Gasteiger charge is 2.13. The highest BCUT2D eigenvalue weighted by molar-refractivity contribution is 7.98. The van der Waals surface area contributed by atoms with Crippen molar-refractivity contribution in [3.8, 4) is 5.69 Å². The minimum absolute atomic E-state index is 0.0430. The van der Waals surface area contributed by atoms with Gasteiger partial charge in [0.2, 0.25) is 0 Å². The van der Waals surface area contributed by atoms with Gasteiger partial charge in [0.1, 0.15) is 0 Å². The van der Waals surface area contributed by atoms with Crippen LogP contribution in [0, 0.1) is 0 Å². The van der Waals surface area contributed by atoms with E-state index in [1.807, 2.05) is 54.7 Å². The summed E-state index contributed by atoms with van der Waals surface area (Å²) in [6.45, 7) is 2.12. The van der Waals surface area contributed by atoms with Crippen LogP contribution < -0.4 is 5.56 Å². The standard InChI is InChI=1S/C22H19N3OS/c1-2-16-9-11-18(12-10-16)25-21(26)19-7-3-4-8-20(19)24-22(25)27-15-17-6-5-13-23-14-17/h3-14H,2,15H2,1H3. The van der Waals surface area contributed by atoms with Gasteiger partial charge >= 0.3 is 0 Å².